The van der Waals surface area contributed by atoms with Crippen molar-refractivity contribution in [3.8, 4) is 11.5 Å². The van der Waals surface area contributed by atoms with E-state index in [1.165, 1.54) is 0 Å². The maximum atomic E-state index is 11.8. The number of rotatable bonds is 7. The molecule has 126 valence electrons. The van der Waals surface area contributed by atoms with E-state index in [9.17, 15) is 9.59 Å². The summed E-state index contributed by atoms with van der Waals surface area (Å²) < 4.78 is 15.9. The molecule has 0 aromatic heterocycles. The van der Waals surface area contributed by atoms with E-state index in [1.54, 1.807) is 31.2 Å². The predicted molar refractivity (Wildman–Crippen MR) is 87.4 cm³/mol. The van der Waals surface area contributed by atoms with Crippen molar-refractivity contribution in [3.05, 3.63) is 36.4 Å². The van der Waals surface area contributed by atoms with Gasteiger partial charge < -0.3 is 14.2 Å². The lowest BCUT2D eigenvalue weighted by Gasteiger charge is -2.15. The Morgan fingerprint density at radius 2 is 1.48 bits per heavy atom. The zero-order valence-corrected chi connectivity index (χ0v) is 14.2. The molecule has 0 radical (unpaired) electrons. The van der Waals surface area contributed by atoms with Gasteiger partial charge in [0.1, 0.15) is 6.10 Å². The third kappa shape index (κ3) is 7.00. The number of benzene rings is 1. The van der Waals surface area contributed by atoms with E-state index in [1.807, 2.05) is 27.7 Å². The van der Waals surface area contributed by atoms with Gasteiger partial charge in [0.25, 0.3) is 0 Å². The highest BCUT2D eigenvalue weighted by Gasteiger charge is 2.12. The summed E-state index contributed by atoms with van der Waals surface area (Å²) in [7, 11) is 0. The zero-order valence-electron chi connectivity index (χ0n) is 14.2. The fourth-order valence-corrected chi connectivity index (χ4v) is 1.52. The molecule has 0 fully saturated rings. The van der Waals surface area contributed by atoms with Crippen LogP contribution in [0.15, 0.2) is 36.4 Å². The summed E-state index contributed by atoms with van der Waals surface area (Å²) in [6.07, 6.45) is 1.84. The molecule has 5 nitrogen and oxygen atoms in total. The molecular weight excluding hydrogens is 296 g/mol. The minimum Gasteiger partial charge on any atom is -0.487 e. The third-order valence-electron chi connectivity index (χ3n) is 3.02. The minimum absolute atomic E-state index is 0.0436. The van der Waals surface area contributed by atoms with Crippen LogP contribution in [-0.4, -0.2) is 24.1 Å². The molecule has 0 bridgehead atoms. The molecule has 5 heteroatoms. The second-order valence-corrected chi connectivity index (χ2v) is 5.75. The molecule has 0 aliphatic rings. The fraction of sp³-hybridized carbons (Fsp3) is 0.444. The number of carbonyl (C=O) groups excluding carboxylic acids is 2. The summed E-state index contributed by atoms with van der Waals surface area (Å²) in [5.74, 6) is -0.256. The van der Waals surface area contributed by atoms with Crippen LogP contribution >= 0.6 is 0 Å². The Bertz CT molecular complexity index is 560. The van der Waals surface area contributed by atoms with Crippen molar-refractivity contribution >= 4 is 11.9 Å². The number of carbonyl (C=O) groups is 2. The van der Waals surface area contributed by atoms with E-state index < -0.39 is 11.9 Å². The summed E-state index contributed by atoms with van der Waals surface area (Å²) in [4.78, 5) is 23.4. The zero-order chi connectivity index (χ0) is 17.4. The van der Waals surface area contributed by atoms with E-state index in [0.717, 1.165) is 12.2 Å². The largest absolute Gasteiger partial charge is 0.487 e. The average molecular weight is 320 g/mol. The quantitative estimate of drug-likeness (QED) is 0.437. The van der Waals surface area contributed by atoms with Crippen molar-refractivity contribution in [1.82, 2.24) is 0 Å². The maximum Gasteiger partial charge on any atom is 0.336 e. The second-order valence-electron chi connectivity index (χ2n) is 5.75. The van der Waals surface area contributed by atoms with Crippen molar-refractivity contribution in [2.75, 3.05) is 0 Å². The number of ether oxygens (including phenoxy) is 3. The summed E-state index contributed by atoms with van der Waals surface area (Å²) in [6, 6.07) is 6.86. The van der Waals surface area contributed by atoms with Crippen molar-refractivity contribution in [3.63, 3.8) is 0 Å². The summed E-state index contributed by atoms with van der Waals surface area (Å²) >= 11 is 0. The summed E-state index contributed by atoms with van der Waals surface area (Å²) in [5.41, 5.74) is 0. The average Bonchev–Trinajstić information content (AvgIpc) is 2.46. The Morgan fingerprint density at radius 3 is 2.04 bits per heavy atom. The van der Waals surface area contributed by atoms with E-state index >= 15 is 0 Å². The lowest BCUT2D eigenvalue weighted by atomic mass is 10.1. The van der Waals surface area contributed by atoms with Crippen LogP contribution in [-0.2, 0) is 14.3 Å². The summed E-state index contributed by atoms with van der Waals surface area (Å²) in [6.45, 7) is 9.45. The van der Waals surface area contributed by atoms with Crippen molar-refractivity contribution in [2.45, 2.75) is 46.8 Å². The van der Waals surface area contributed by atoms with Crippen LogP contribution in [0.3, 0.4) is 0 Å². The highest BCUT2D eigenvalue weighted by Crippen LogP contribution is 2.27. The van der Waals surface area contributed by atoms with Crippen LogP contribution < -0.4 is 9.47 Å². The van der Waals surface area contributed by atoms with Gasteiger partial charge in [-0.05, 0) is 38.8 Å². The molecule has 0 aliphatic heterocycles. The molecule has 0 amide bonds. The smallest absolute Gasteiger partial charge is 0.336 e. The minimum atomic E-state index is -0.668. The van der Waals surface area contributed by atoms with Crippen LogP contribution in [0.1, 0.15) is 34.6 Å². The van der Waals surface area contributed by atoms with E-state index in [0.29, 0.717) is 11.5 Å². The molecule has 0 aliphatic carbocycles. The third-order valence-corrected chi connectivity index (χ3v) is 3.02. The first-order chi connectivity index (χ1) is 10.8. The molecule has 1 aromatic carbocycles. The van der Waals surface area contributed by atoms with E-state index in [-0.39, 0.29) is 18.1 Å². The summed E-state index contributed by atoms with van der Waals surface area (Å²) in [5, 5.41) is 0. The molecule has 1 unspecified atom stereocenters. The monoisotopic (exact) mass is 320 g/mol. The number of hydrogen-bond acceptors (Lipinski definition) is 5. The molecule has 23 heavy (non-hydrogen) atoms. The van der Waals surface area contributed by atoms with Gasteiger partial charge in [-0.2, -0.15) is 0 Å². The van der Waals surface area contributed by atoms with Gasteiger partial charge in [-0.15, -0.1) is 0 Å². The molecular formula is C18H24O5. The number of hydrogen-bond donors (Lipinski definition) is 0. The lowest BCUT2D eigenvalue weighted by molar-refractivity contribution is -0.144. The molecule has 0 heterocycles. The van der Waals surface area contributed by atoms with Crippen molar-refractivity contribution in [1.29, 1.82) is 0 Å². The van der Waals surface area contributed by atoms with Gasteiger partial charge in [0.15, 0.2) is 11.5 Å². The van der Waals surface area contributed by atoms with Gasteiger partial charge in [0, 0.05) is 12.2 Å². The first-order valence-corrected chi connectivity index (χ1v) is 7.65. The molecule has 0 saturated heterocycles. The van der Waals surface area contributed by atoms with Gasteiger partial charge in [-0.25, -0.2) is 9.59 Å². The molecule has 1 atom stereocenters. The second kappa shape index (κ2) is 8.98. The molecule has 1 aromatic rings. The van der Waals surface area contributed by atoms with E-state index in [2.05, 4.69) is 0 Å². The Kier molecular flexibility index (Phi) is 7.32. The van der Waals surface area contributed by atoms with Crippen molar-refractivity contribution in [2.24, 2.45) is 5.92 Å². The maximum absolute atomic E-state index is 11.8. The lowest BCUT2D eigenvalue weighted by Crippen LogP contribution is -2.19. The molecule has 0 saturated carbocycles. The molecule has 0 N–H and O–H groups in total. The highest BCUT2D eigenvalue weighted by molar-refractivity contribution is 5.92. The van der Waals surface area contributed by atoms with Crippen LogP contribution in [0.5, 0.6) is 11.5 Å². The first-order valence-electron chi connectivity index (χ1n) is 7.65. The van der Waals surface area contributed by atoms with Gasteiger partial charge in [0.05, 0.1) is 6.10 Å². The Morgan fingerprint density at radius 1 is 0.913 bits per heavy atom. The van der Waals surface area contributed by atoms with Crippen LogP contribution in [0.25, 0.3) is 0 Å². The standard InChI is InChI=1S/C18H24O5/c1-12(2)14(5)22-17(19)10-11-18(20)23-16-9-7-6-8-15(16)21-13(3)4/h6-14H,1-5H3/b11-10+. The van der Waals surface area contributed by atoms with Gasteiger partial charge in [0.2, 0.25) is 0 Å². The van der Waals surface area contributed by atoms with Crippen molar-refractivity contribution < 1.29 is 23.8 Å². The van der Waals surface area contributed by atoms with E-state index in [4.69, 9.17) is 14.2 Å². The number of esters is 2. The Labute approximate surface area is 137 Å². The van der Waals surface area contributed by atoms with Crippen LogP contribution in [0, 0.1) is 5.92 Å². The fourth-order valence-electron chi connectivity index (χ4n) is 1.52. The molecule has 1 rings (SSSR count). The SMILES string of the molecule is CC(C)Oc1ccccc1OC(=O)/C=C/C(=O)OC(C)C(C)C. The first kappa shape index (κ1) is 18.7. The Hall–Kier alpha value is -2.30. The predicted octanol–water partition coefficient (Wildman–Crippen LogP) is 3.52. The van der Waals surface area contributed by atoms with Gasteiger partial charge in [-0.1, -0.05) is 26.0 Å². The van der Waals surface area contributed by atoms with Gasteiger partial charge in [-0.3, -0.25) is 0 Å². The van der Waals surface area contributed by atoms with Crippen LogP contribution in [0.2, 0.25) is 0 Å². The Balaban J connectivity index is 2.63. The van der Waals surface area contributed by atoms with Crippen LogP contribution in [0.4, 0.5) is 0 Å². The normalized spacial score (nSPS) is 12.5. The topological polar surface area (TPSA) is 61.8 Å². The highest BCUT2D eigenvalue weighted by atomic mass is 16.6. The molecule has 0 spiro atoms. The number of para-hydroxylation sites is 2. The van der Waals surface area contributed by atoms with Gasteiger partial charge >= 0.3 is 11.9 Å².